The highest BCUT2D eigenvalue weighted by Crippen LogP contribution is 2.31. The van der Waals surface area contributed by atoms with E-state index in [0.29, 0.717) is 35.8 Å². The lowest BCUT2D eigenvalue weighted by Crippen LogP contribution is -2.53. The fourth-order valence-corrected chi connectivity index (χ4v) is 3.64. The molecule has 1 amide bonds. The van der Waals surface area contributed by atoms with E-state index in [1.807, 2.05) is 0 Å². The van der Waals surface area contributed by atoms with Gasteiger partial charge in [0, 0.05) is 37.0 Å². The van der Waals surface area contributed by atoms with E-state index in [2.05, 4.69) is 10.1 Å². The highest BCUT2D eigenvalue weighted by Gasteiger charge is 2.36. The van der Waals surface area contributed by atoms with Gasteiger partial charge in [0.1, 0.15) is 11.6 Å². The second-order valence-electron chi connectivity index (χ2n) is 7.88. The first kappa shape index (κ1) is 20.2. The molecule has 2 fully saturated rings. The average molecular weight is 436 g/mol. The Morgan fingerprint density at radius 3 is 2.69 bits per heavy atom. The van der Waals surface area contributed by atoms with Crippen LogP contribution >= 0.6 is 0 Å². The van der Waals surface area contributed by atoms with Gasteiger partial charge in [0.05, 0.1) is 24.9 Å². The van der Waals surface area contributed by atoms with Crippen molar-refractivity contribution in [3.8, 4) is 22.8 Å². The van der Waals surface area contributed by atoms with Gasteiger partial charge in [-0.05, 0) is 43.2 Å². The van der Waals surface area contributed by atoms with E-state index < -0.39 is 5.82 Å². The molecule has 5 rings (SSSR count). The number of amides is 1. The molecule has 1 saturated heterocycles. The summed E-state index contributed by atoms with van der Waals surface area (Å²) in [5, 5.41) is 4.46. The van der Waals surface area contributed by atoms with Gasteiger partial charge in [0.15, 0.2) is 11.4 Å². The summed E-state index contributed by atoms with van der Waals surface area (Å²) in [5.74, 6) is 0.157. The molecule has 3 heterocycles. The van der Waals surface area contributed by atoms with Crippen molar-refractivity contribution < 1.29 is 18.7 Å². The monoisotopic (exact) mass is 436 g/mol. The van der Waals surface area contributed by atoms with E-state index in [0.717, 1.165) is 12.8 Å². The van der Waals surface area contributed by atoms with Crippen LogP contribution in [0.1, 0.15) is 29.4 Å². The minimum absolute atomic E-state index is 0.156. The maximum absolute atomic E-state index is 13.5. The summed E-state index contributed by atoms with van der Waals surface area (Å²) in [6, 6.07) is 10.4. The third-order valence-corrected chi connectivity index (χ3v) is 5.55. The molecule has 1 aromatic carbocycles. The molecule has 2 aliphatic rings. The van der Waals surface area contributed by atoms with E-state index >= 15 is 0 Å². The Morgan fingerprint density at radius 1 is 1.12 bits per heavy atom. The zero-order chi connectivity index (χ0) is 22.2. The van der Waals surface area contributed by atoms with Crippen LogP contribution in [-0.4, -0.2) is 51.9 Å². The smallest absolute Gasteiger partial charge is 0.276 e. The van der Waals surface area contributed by atoms with E-state index in [4.69, 9.17) is 9.47 Å². The molecule has 2 aromatic heterocycles. The molecule has 0 radical (unpaired) electrons. The standard InChI is InChI=1S/C23H21FN4O4/c1-31-20-11-14(24)4-7-17(20)18-8-9-21(29)28(26-18)15-12-27(13-15)23(30)22-19(3-2-10-25-22)32-16-5-6-16/h2-4,7-11,15-16H,5-6,12-13H2,1H3. The van der Waals surface area contributed by atoms with Crippen molar-refractivity contribution in [2.24, 2.45) is 0 Å². The molecular formula is C23H21FN4O4. The van der Waals surface area contributed by atoms with Crippen LogP contribution in [0.25, 0.3) is 11.3 Å². The van der Waals surface area contributed by atoms with Gasteiger partial charge in [-0.2, -0.15) is 5.10 Å². The normalized spacial score (nSPS) is 15.9. The van der Waals surface area contributed by atoms with Crippen molar-refractivity contribution in [2.45, 2.75) is 25.0 Å². The lowest BCUT2D eigenvalue weighted by atomic mass is 10.1. The van der Waals surface area contributed by atoms with E-state index in [-0.39, 0.29) is 29.3 Å². The Balaban J connectivity index is 1.35. The third-order valence-electron chi connectivity index (χ3n) is 5.55. The molecular weight excluding hydrogens is 415 g/mol. The van der Waals surface area contributed by atoms with Crippen molar-refractivity contribution in [1.82, 2.24) is 19.7 Å². The second-order valence-corrected chi connectivity index (χ2v) is 7.88. The largest absolute Gasteiger partial charge is 0.496 e. The number of carbonyl (C=O) groups excluding carboxylic acids is 1. The summed E-state index contributed by atoms with van der Waals surface area (Å²) in [4.78, 5) is 31.2. The number of hydrogen-bond donors (Lipinski definition) is 0. The molecule has 9 heteroatoms. The minimum Gasteiger partial charge on any atom is -0.496 e. The van der Waals surface area contributed by atoms with Gasteiger partial charge in [-0.15, -0.1) is 0 Å². The minimum atomic E-state index is -0.424. The van der Waals surface area contributed by atoms with Gasteiger partial charge in [-0.3, -0.25) is 9.59 Å². The Bertz CT molecular complexity index is 1230. The quantitative estimate of drug-likeness (QED) is 0.591. The Kier molecular flexibility index (Phi) is 5.08. The van der Waals surface area contributed by atoms with Gasteiger partial charge in [-0.1, -0.05) is 0 Å². The zero-order valence-electron chi connectivity index (χ0n) is 17.4. The molecule has 3 aromatic rings. The lowest BCUT2D eigenvalue weighted by Gasteiger charge is -2.39. The summed E-state index contributed by atoms with van der Waals surface area (Å²) in [6.45, 7) is 0.657. The van der Waals surface area contributed by atoms with Crippen LogP contribution in [0.4, 0.5) is 4.39 Å². The molecule has 1 aliphatic heterocycles. The molecule has 1 aliphatic carbocycles. The van der Waals surface area contributed by atoms with Gasteiger partial charge in [-0.25, -0.2) is 14.1 Å². The van der Waals surface area contributed by atoms with Crippen molar-refractivity contribution in [1.29, 1.82) is 0 Å². The van der Waals surface area contributed by atoms with Gasteiger partial charge in [0.25, 0.3) is 11.5 Å². The summed E-state index contributed by atoms with van der Waals surface area (Å²) in [7, 11) is 1.45. The number of hydrogen-bond acceptors (Lipinski definition) is 6. The molecule has 0 atom stereocenters. The number of nitrogens with zero attached hydrogens (tertiary/aromatic N) is 4. The van der Waals surface area contributed by atoms with Crippen LogP contribution in [0, 0.1) is 5.82 Å². The van der Waals surface area contributed by atoms with E-state index in [1.165, 1.54) is 30.0 Å². The summed E-state index contributed by atoms with van der Waals surface area (Å²) < 4.78 is 26.0. The Labute approximate surface area is 183 Å². The van der Waals surface area contributed by atoms with Crippen molar-refractivity contribution in [2.75, 3.05) is 20.2 Å². The topological polar surface area (TPSA) is 86.6 Å². The first-order valence-electron chi connectivity index (χ1n) is 10.4. The van der Waals surface area contributed by atoms with Gasteiger partial charge in [0.2, 0.25) is 0 Å². The maximum atomic E-state index is 13.5. The molecule has 0 bridgehead atoms. The van der Waals surface area contributed by atoms with Gasteiger partial charge < -0.3 is 14.4 Å². The number of carbonyl (C=O) groups is 1. The predicted molar refractivity (Wildman–Crippen MR) is 113 cm³/mol. The number of pyridine rings is 1. The number of methoxy groups -OCH3 is 1. The maximum Gasteiger partial charge on any atom is 0.276 e. The summed E-state index contributed by atoms with van der Waals surface area (Å²) in [5.41, 5.74) is 1.06. The molecule has 1 saturated carbocycles. The zero-order valence-corrected chi connectivity index (χ0v) is 17.4. The molecule has 164 valence electrons. The molecule has 0 spiro atoms. The van der Waals surface area contributed by atoms with Crippen molar-refractivity contribution >= 4 is 5.91 Å². The SMILES string of the molecule is COc1cc(F)ccc1-c1ccc(=O)n(C2CN(C(=O)c3ncccc3OC3CC3)C2)n1. The first-order valence-corrected chi connectivity index (χ1v) is 10.4. The fourth-order valence-electron chi connectivity index (χ4n) is 3.64. The Hall–Kier alpha value is -3.75. The molecule has 32 heavy (non-hydrogen) atoms. The summed E-state index contributed by atoms with van der Waals surface area (Å²) in [6.07, 6.45) is 3.69. The Morgan fingerprint density at radius 2 is 1.94 bits per heavy atom. The number of rotatable bonds is 6. The molecule has 0 N–H and O–H groups in total. The van der Waals surface area contributed by atoms with Crippen molar-refractivity contribution in [3.05, 3.63) is 70.5 Å². The molecule has 0 unspecified atom stereocenters. The van der Waals surface area contributed by atoms with Crippen LogP contribution in [-0.2, 0) is 0 Å². The number of ether oxygens (including phenoxy) is 2. The van der Waals surface area contributed by atoms with Gasteiger partial charge >= 0.3 is 0 Å². The highest BCUT2D eigenvalue weighted by molar-refractivity contribution is 5.95. The lowest BCUT2D eigenvalue weighted by molar-refractivity contribution is 0.0482. The third kappa shape index (κ3) is 3.81. The van der Waals surface area contributed by atoms with E-state index in [1.54, 1.807) is 35.4 Å². The van der Waals surface area contributed by atoms with Crippen LogP contribution in [0.5, 0.6) is 11.5 Å². The first-order chi connectivity index (χ1) is 15.5. The predicted octanol–water partition coefficient (Wildman–Crippen LogP) is 2.69. The second kappa shape index (κ2) is 8.07. The van der Waals surface area contributed by atoms with Crippen LogP contribution in [0.2, 0.25) is 0 Å². The number of halogens is 1. The fraction of sp³-hybridized carbons (Fsp3) is 0.304. The number of likely N-dealkylation sites (tertiary alicyclic amines) is 1. The van der Waals surface area contributed by atoms with E-state index in [9.17, 15) is 14.0 Å². The van der Waals surface area contributed by atoms with Crippen LogP contribution < -0.4 is 15.0 Å². The average Bonchev–Trinajstić information content (AvgIpc) is 3.58. The molecule has 8 nitrogen and oxygen atoms in total. The van der Waals surface area contributed by atoms with Crippen molar-refractivity contribution in [3.63, 3.8) is 0 Å². The number of benzene rings is 1. The highest BCUT2D eigenvalue weighted by atomic mass is 19.1. The van der Waals surface area contributed by atoms with Crippen LogP contribution in [0.15, 0.2) is 53.5 Å². The van der Waals surface area contributed by atoms with Crippen LogP contribution in [0.3, 0.4) is 0 Å². The summed E-state index contributed by atoms with van der Waals surface area (Å²) >= 11 is 0. The number of aromatic nitrogens is 3.